The van der Waals surface area contributed by atoms with Crippen molar-refractivity contribution in [3.8, 4) is 0 Å². The first kappa shape index (κ1) is 11.7. The lowest BCUT2D eigenvalue weighted by Gasteiger charge is -2.26. The van der Waals surface area contributed by atoms with E-state index >= 15 is 0 Å². The second-order valence-electron chi connectivity index (χ2n) is 3.98. The van der Waals surface area contributed by atoms with E-state index in [-0.39, 0.29) is 18.9 Å². The molecule has 0 heterocycles. The van der Waals surface area contributed by atoms with E-state index in [0.29, 0.717) is 12.0 Å². The minimum Gasteiger partial charge on any atom is -0.396 e. The lowest BCUT2D eigenvalue weighted by atomic mass is 10.0. The molecule has 0 saturated heterocycles. The third-order valence-electron chi connectivity index (χ3n) is 3.02. The second kappa shape index (κ2) is 3.64. The molecule has 0 aliphatic heterocycles. The van der Waals surface area contributed by atoms with Gasteiger partial charge >= 0.3 is 0 Å². The fourth-order valence-corrected chi connectivity index (χ4v) is 3.43. The van der Waals surface area contributed by atoms with Crippen molar-refractivity contribution >= 4 is 9.84 Å². The molecule has 2 atom stereocenters. The minimum absolute atomic E-state index is 0.0592. The summed E-state index contributed by atoms with van der Waals surface area (Å²) < 4.78 is 21.9. The molecule has 82 valence electrons. The maximum atomic E-state index is 11.6. The number of aliphatic hydroxyl groups excluding tert-OH is 2. The van der Waals surface area contributed by atoms with Crippen LogP contribution in [0.25, 0.3) is 0 Å². The van der Waals surface area contributed by atoms with Crippen LogP contribution >= 0.6 is 0 Å². The Bertz CT molecular complexity index is 333. The van der Waals surface area contributed by atoms with Crippen LogP contribution in [0.5, 0.6) is 0 Å². The van der Waals surface area contributed by atoms with Gasteiger partial charge in [0.05, 0.1) is 6.61 Å². The average Bonchev–Trinajstić information content (AvgIpc) is 2.42. The van der Waals surface area contributed by atoms with Gasteiger partial charge in [0, 0.05) is 12.9 Å². The lowest BCUT2D eigenvalue weighted by Crippen LogP contribution is -2.40. The monoisotopic (exact) mass is 220 g/mol. The Hall–Kier alpha value is -0.390. The summed E-state index contributed by atoms with van der Waals surface area (Å²) in [4.78, 5) is 0. The van der Waals surface area contributed by atoms with Gasteiger partial charge in [-0.15, -0.1) is 0 Å². The zero-order valence-electron chi connectivity index (χ0n) is 8.23. The zero-order chi connectivity index (χ0) is 11.0. The lowest BCUT2D eigenvalue weighted by molar-refractivity contribution is 0.212. The van der Waals surface area contributed by atoms with Gasteiger partial charge in [0.15, 0.2) is 9.84 Å². The highest BCUT2D eigenvalue weighted by Gasteiger charge is 2.49. The summed E-state index contributed by atoms with van der Waals surface area (Å²) in [7, 11) is -3.37. The highest BCUT2D eigenvalue weighted by atomic mass is 32.2. The minimum atomic E-state index is -3.37. The summed E-state index contributed by atoms with van der Waals surface area (Å²) in [6.07, 6.45) is 1.86. The quantitative estimate of drug-likeness (QED) is 0.642. The van der Waals surface area contributed by atoms with E-state index in [1.165, 1.54) is 0 Å². The second-order valence-corrected chi connectivity index (χ2v) is 6.31. The molecular formula is C9H16O4S. The normalized spacial score (nSPS) is 33.6. The van der Waals surface area contributed by atoms with E-state index in [4.69, 9.17) is 5.11 Å². The molecule has 0 bridgehead atoms. The highest BCUT2D eigenvalue weighted by molar-refractivity contribution is 7.92. The van der Waals surface area contributed by atoms with Crippen molar-refractivity contribution < 1.29 is 18.6 Å². The van der Waals surface area contributed by atoms with Gasteiger partial charge in [0.25, 0.3) is 0 Å². The molecule has 0 aromatic heterocycles. The van der Waals surface area contributed by atoms with Crippen molar-refractivity contribution in [3.05, 3.63) is 12.2 Å². The largest absolute Gasteiger partial charge is 0.396 e. The number of hydrogen-bond donors (Lipinski definition) is 2. The molecule has 0 spiro atoms. The van der Waals surface area contributed by atoms with Crippen LogP contribution in [-0.4, -0.2) is 42.8 Å². The predicted molar refractivity (Wildman–Crippen MR) is 53.6 cm³/mol. The maximum absolute atomic E-state index is 11.6. The van der Waals surface area contributed by atoms with Crippen LogP contribution < -0.4 is 0 Å². The Morgan fingerprint density at radius 2 is 2.14 bits per heavy atom. The summed E-state index contributed by atoms with van der Waals surface area (Å²) >= 11 is 0. The molecule has 14 heavy (non-hydrogen) atoms. The van der Waals surface area contributed by atoms with E-state index in [9.17, 15) is 13.5 Å². The van der Waals surface area contributed by atoms with Crippen molar-refractivity contribution in [2.45, 2.75) is 17.6 Å². The zero-order valence-corrected chi connectivity index (χ0v) is 9.05. The predicted octanol–water partition coefficient (Wildman–Crippen LogP) is -0.279. The van der Waals surface area contributed by atoms with Crippen molar-refractivity contribution in [2.75, 3.05) is 19.5 Å². The Morgan fingerprint density at radius 3 is 2.36 bits per heavy atom. The molecule has 2 N–H and O–H groups in total. The van der Waals surface area contributed by atoms with Gasteiger partial charge in [-0.3, -0.25) is 0 Å². The number of hydrogen-bond acceptors (Lipinski definition) is 4. The average molecular weight is 220 g/mol. The Labute approximate surface area is 84.2 Å². The molecule has 0 aromatic carbocycles. The maximum Gasteiger partial charge on any atom is 0.159 e. The molecule has 0 radical (unpaired) electrons. The molecule has 0 unspecified atom stereocenters. The SMILES string of the molecule is C=C1C[C@@H](CO)C[C@@]1(CO)S(C)(=O)=O. The van der Waals surface area contributed by atoms with Crippen LogP contribution in [0.15, 0.2) is 12.2 Å². The van der Waals surface area contributed by atoms with Crippen LogP contribution in [0.2, 0.25) is 0 Å². The van der Waals surface area contributed by atoms with E-state index in [1.54, 1.807) is 0 Å². The molecule has 1 fully saturated rings. The van der Waals surface area contributed by atoms with Gasteiger partial charge in [-0.1, -0.05) is 12.2 Å². The van der Waals surface area contributed by atoms with Crippen LogP contribution in [0.4, 0.5) is 0 Å². The van der Waals surface area contributed by atoms with Crippen molar-refractivity contribution in [1.82, 2.24) is 0 Å². The molecular weight excluding hydrogens is 204 g/mol. The van der Waals surface area contributed by atoms with Crippen molar-refractivity contribution in [3.63, 3.8) is 0 Å². The molecule has 1 saturated carbocycles. The fraction of sp³-hybridized carbons (Fsp3) is 0.778. The van der Waals surface area contributed by atoms with E-state index < -0.39 is 21.2 Å². The van der Waals surface area contributed by atoms with E-state index in [1.807, 2.05) is 0 Å². The van der Waals surface area contributed by atoms with E-state index in [2.05, 4.69) is 6.58 Å². The highest BCUT2D eigenvalue weighted by Crippen LogP contribution is 2.43. The smallest absolute Gasteiger partial charge is 0.159 e. The topological polar surface area (TPSA) is 74.6 Å². The van der Waals surface area contributed by atoms with Crippen LogP contribution in [0.3, 0.4) is 0 Å². The Morgan fingerprint density at radius 1 is 1.57 bits per heavy atom. The summed E-state index contributed by atoms with van der Waals surface area (Å²) in [5.74, 6) is -0.0932. The van der Waals surface area contributed by atoms with Gasteiger partial charge in [-0.25, -0.2) is 8.42 Å². The standard InChI is InChI=1S/C9H16O4S/c1-7-3-8(5-10)4-9(7,6-11)14(2,12)13/h8,10-11H,1,3-6H2,2H3/t8-,9+/m1/s1. The number of sulfone groups is 1. The first-order valence-electron chi connectivity index (χ1n) is 4.47. The molecule has 1 aliphatic rings. The molecule has 0 amide bonds. The third-order valence-corrected chi connectivity index (χ3v) is 5.03. The van der Waals surface area contributed by atoms with Crippen LogP contribution in [-0.2, 0) is 9.84 Å². The Kier molecular flexibility index (Phi) is 3.04. The molecule has 1 aliphatic carbocycles. The van der Waals surface area contributed by atoms with Gasteiger partial charge in [0.1, 0.15) is 4.75 Å². The van der Waals surface area contributed by atoms with Crippen LogP contribution in [0, 0.1) is 5.92 Å². The van der Waals surface area contributed by atoms with Gasteiger partial charge < -0.3 is 10.2 Å². The van der Waals surface area contributed by atoms with Gasteiger partial charge in [-0.2, -0.15) is 0 Å². The van der Waals surface area contributed by atoms with Gasteiger partial charge in [-0.05, 0) is 18.8 Å². The molecule has 0 aromatic rings. The van der Waals surface area contributed by atoms with Gasteiger partial charge in [0.2, 0.25) is 0 Å². The molecule has 4 nitrogen and oxygen atoms in total. The van der Waals surface area contributed by atoms with E-state index in [0.717, 1.165) is 6.26 Å². The number of aliphatic hydroxyl groups is 2. The summed E-state index contributed by atoms with van der Waals surface area (Å²) in [5, 5.41) is 18.2. The van der Waals surface area contributed by atoms with Crippen LogP contribution in [0.1, 0.15) is 12.8 Å². The first-order valence-corrected chi connectivity index (χ1v) is 6.36. The number of rotatable bonds is 3. The van der Waals surface area contributed by atoms with Crippen molar-refractivity contribution in [1.29, 1.82) is 0 Å². The fourth-order valence-electron chi connectivity index (χ4n) is 2.05. The molecule has 1 rings (SSSR count). The first-order chi connectivity index (χ1) is 6.37. The van der Waals surface area contributed by atoms with Crippen molar-refractivity contribution in [2.24, 2.45) is 5.92 Å². The summed E-state index contributed by atoms with van der Waals surface area (Å²) in [5.41, 5.74) is 0.515. The molecule has 5 heteroatoms. The summed E-state index contributed by atoms with van der Waals surface area (Å²) in [6, 6.07) is 0. The summed E-state index contributed by atoms with van der Waals surface area (Å²) in [6.45, 7) is 3.19. The third kappa shape index (κ3) is 1.60. The Balaban J connectivity index is 3.09.